The van der Waals surface area contributed by atoms with Crippen LogP contribution < -0.4 is 5.32 Å². The number of aromatic hydroxyl groups is 1. The fourth-order valence-electron chi connectivity index (χ4n) is 3.00. The van der Waals surface area contributed by atoms with Crippen LogP contribution in [0.5, 0.6) is 5.75 Å². The van der Waals surface area contributed by atoms with Gasteiger partial charge in [-0.1, -0.05) is 77.6 Å². The molecule has 0 bridgehead atoms. The summed E-state index contributed by atoms with van der Waals surface area (Å²) in [4.78, 5) is 23.7. The van der Waals surface area contributed by atoms with Crippen LogP contribution in [0.2, 0.25) is 0 Å². The maximum atomic E-state index is 11.9. The van der Waals surface area contributed by atoms with Gasteiger partial charge in [0, 0.05) is 12.0 Å². The molecule has 0 saturated heterocycles. The van der Waals surface area contributed by atoms with Crippen molar-refractivity contribution in [3.63, 3.8) is 0 Å². The summed E-state index contributed by atoms with van der Waals surface area (Å²) >= 11 is 0. The summed E-state index contributed by atoms with van der Waals surface area (Å²) in [7, 11) is 0. The van der Waals surface area contributed by atoms with Crippen molar-refractivity contribution in [1.29, 1.82) is 0 Å². The van der Waals surface area contributed by atoms with E-state index in [4.69, 9.17) is 0 Å². The Bertz CT molecular complexity index is 511. The van der Waals surface area contributed by atoms with E-state index in [1.807, 2.05) is 0 Å². The first-order valence-corrected chi connectivity index (χ1v) is 10.3. The fraction of sp³-hybridized carbons (Fsp3) is 0.636. The van der Waals surface area contributed by atoms with E-state index in [-0.39, 0.29) is 11.7 Å². The molecule has 0 aliphatic carbocycles. The highest BCUT2D eigenvalue weighted by molar-refractivity contribution is 6.04. The number of nitrogens with one attached hydrogen (secondary N) is 1. The van der Waals surface area contributed by atoms with E-state index in [9.17, 15) is 14.7 Å². The molecule has 2 N–H and O–H groups in total. The number of carbonyl (C=O) groups excluding carboxylic acids is 2. The van der Waals surface area contributed by atoms with Gasteiger partial charge in [0.1, 0.15) is 5.75 Å². The third-order valence-corrected chi connectivity index (χ3v) is 4.64. The molecular formula is C22H35NO3. The molecule has 0 heterocycles. The van der Waals surface area contributed by atoms with E-state index in [0.29, 0.717) is 12.0 Å². The van der Waals surface area contributed by atoms with Crippen LogP contribution >= 0.6 is 0 Å². The normalized spacial score (nSPS) is 10.7. The van der Waals surface area contributed by atoms with Crippen LogP contribution in [0, 0.1) is 0 Å². The van der Waals surface area contributed by atoms with E-state index in [1.165, 1.54) is 82.1 Å². The molecule has 0 saturated carbocycles. The molecule has 0 fully saturated rings. The van der Waals surface area contributed by atoms with Crippen LogP contribution in [0.3, 0.4) is 0 Å². The number of phenols is 1. The van der Waals surface area contributed by atoms with Crippen LogP contribution in [0.25, 0.3) is 0 Å². The molecule has 4 heteroatoms. The Labute approximate surface area is 158 Å². The average molecular weight is 362 g/mol. The van der Waals surface area contributed by atoms with Crippen LogP contribution in [-0.4, -0.2) is 16.9 Å². The van der Waals surface area contributed by atoms with Crippen molar-refractivity contribution in [2.75, 3.05) is 0 Å². The highest BCUT2D eigenvalue weighted by atomic mass is 16.3. The van der Waals surface area contributed by atoms with Crippen LogP contribution in [-0.2, 0) is 4.79 Å². The number of imide groups is 1. The Morgan fingerprint density at radius 1 is 0.769 bits per heavy atom. The molecule has 1 aromatic carbocycles. The molecule has 2 amide bonds. The lowest BCUT2D eigenvalue weighted by Crippen LogP contribution is -2.30. The first kappa shape index (κ1) is 22.2. The molecule has 0 radical (unpaired) electrons. The average Bonchev–Trinajstić information content (AvgIpc) is 2.63. The standard InChI is InChI=1S/C22H35NO3/c1-2-3-4-5-6-7-8-9-10-11-12-13-14-21(25)23-22(26)19-15-17-20(24)18-16-19/h15-18,24H,2-14H2,1H3,(H,23,25,26). The highest BCUT2D eigenvalue weighted by Gasteiger charge is 2.09. The third kappa shape index (κ3) is 10.9. The topological polar surface area (TPSA) is 66.4 Å². The van der Waals surface area contributed by atoms with Crippen LogP contribution in [0.1, 0.15) is 101 Å². The molecule has 26 heavy (non-hydrogen) atoms. The quantitative estimate of drug-likeness (QED) is 0.415. The summed E-state index contributed by atoms with van der Waals surface area (Å²) in [6, 6.07) is 5.87. The number of carbonyl (C=O) groups is 2. The van der Waals surface area contributed by atoms with Crippen molar-refractivity contribution in [2.24, 2.45) is 0 Å². The maximum Gasteiger partial charge on any atom is 0.257 e. The maximum absolute atomic E-state index is 11.9. The van der Waals surface area contributed by atoms with Crippen LogP contribution in [0.4, 0.5) is 0 Å². The largest absolute Gasteiger partial charge is 0.508 e. The molecule has 0 unspecified atom stereocenters. The molecule has 0 atom stereocenters. The Kier molecular flexibility index (Phi) is 12.2. The third-order valence-electron chi connectivity index (χ3n) is 4.64. The summed E-state index contributed by atoms with van der Waals surface area (Å²) in [5, 5.41) is 11.6. The summed E-state index contributed by atoms with van der Waals surface area (Å²) in [6.45, 7) is 2.25. The Balaban J connectivity index is 1.95. The van der Waals surface area contributed by atoms with E-state index in [2.05, 4.69) is 12.2 Å². The van der Waals surface area contributed by atoms with E-state index in [1.54, 1.807) is 0 Å². The molecule has 1 rings (SSSR count). The van der Waals surface area contributed by atoms with Gasteiger partial charge in [-0.3, -0.25) is 14.9 Å². The first-order chi connectivity index (χ1) is 12.6. The second-order valence-corrected chi connectivity index (χ2v) is 7.06. The molecule has 0 spiro atoms. The van der Waals surface area contributed by atoms with Gasteiger partial charge < -0.3 is 5.11 Å². The molecule has 0 aromatic heterocycles. The van der Waals surface area contributed by atoms with Gasteiger partial charge in [0.25, 0.3) is 5.91 Å². The van der Waals surface area contributed by atoms with Crippen molar-refractivity contribution in [3.05, 3.63) is 29.8 Å². The van der Waals surface area contributed by atoms with Gasteiger partial charge in [-0.25, -0.2) is 0 Å². The smallest absolute Gasteiger partial charge is 0.257 e. The molecule has 146 valence electrons. The Morgan fingerprint density at radius 2 is 1.23 bits per heavy atom. The molecular weight excluding hydrogens is 326 g/mol. The zero-order valence-corrected chi connectivity index (χ0v) is 16.3. The van der Waals surface area contributed by atoms with Crippen molar-refractivity contribution in [1.82, 2.24) is 5.32 Å². The minimum atomic E-state index is -0.408. The lowest BCUT2D eigenvalue weighted by Gasteiger charge is -2.05. The molecule has 1 aromatic rings. The SMILES string of the molecule is CCCCCCCCCCCCCCC(=O)NC(=O)c1ccc(O)cc1. The van der Waals surface area contributed by atoms with Crippen molar-refractivity contribution < 1.29 is 14.7 Å². The number of amides is 2. The van der Waals surface area contributed by atoms with E-state index in [0.717, 1.165) is 19.3 Å². The second-order valence-electron chi connectivity index (χ2n) is 7.06. The molecule has 0 aliphatic rings. The number of rotatable bonds is 14. The van der Waals surface area contributed by atoms with E-state index >= 15 is 0 Å². The first-order valence-electron chi connectivity index (χ1n) is 10.3. The number of hydrogen-bond donors (Lipinski definition) is 2. The summed E-state index contributed by atoms with van der Waals surface area (Å²) in [5.74, 6) is -0.534. The lowest BCUT2D eigenvalue weighted by molar-refractivity contribution is -0.120. The van der Waals surface area contributed by atoms with Crippen molar-refractivity contribution in [3.8, 4) is 5.75 Å². The van der Waals surface area contributed by atoms with Gasteiger partial charge in [-0.2, -0.15) is 0 Å². The fourth-order valence-corrected chi connectivity index (χ4v) is 3.00. The van der Waals surface area contributed by atoms with Gasteiger partial charge in [0.05, 0.1) is 0 Å². The summed E-state index contributed by atoms with van der Waals surface area (Å²) in [5.41, 5.74) is 0.380. The number of hydrogen-bond acceptors (Lipinski definition) is 3. The Hall–Kier alpha value is -1.84. The zero-order chi connectivity index (χ0) is 19.0. The van der Waals surface area contributed by atoms with Gasteiger partial charge in [0.2, 0.25) is 5.91 Å². The molecule has 0 aliphatic heterocycles. The summed E-state index contributed by atoms with van der Waals surface area (Å²) in [6.07, 6.45) is 15.4. The van der Waals surface area contributed by atoms with Crippen LogP contribution in [0.15, 0.2) is 24.3 Å². The highest BCUT2D eigenvalue weighted by Crippen LogP contribution is 2.13. The minimum absolute atomic E-state index is 0.101. The lowest BCUT2D eigenvalue weighted by atomic mass is 10.0. The predicted octanol–water partition coefficient (Wildman–Crippen LogP) is 5.74. The predicted molar refractivity (Wildman–Crippen MR) is 106 cm³/mol. The summed E-state index contributed by atoms with van der Waals surface area (Å²) < 4.78 is 0. The van der Waals surface area contributed by atoms with Gasteiger partial charge >= 0.3 is 0 Å². The van der Waals surface area contributed by atoms with Gasteiger partial charge in [0.15, 0.2) is 0 Å². The zero-order valence-electron chi connectivity index (χ0n) is 16.3. The Morgan fingerprint density at radius 3 is 1.73 bits per heavy atom. The second kappa shape index (κ2) is 14.3. The minimum Gasteiger partial charge on any atom is -0.508 e. The number of phenolic OH excluding ortho intramolecular Hbond substituents is 1. The van der Waals surface area contributed by atoms with Gasteiger partial charge in [-0.05, 0) is 30.7 Å². The van der Waals surface area contributed by atoms with Crippen molar-refractivity contribution >= 4 is 11.8 Å². The number of unbranched alkanes of at least 4 members (excludes halogenated alkanes) is 11. The van der Waals surface area contributed by atoms with Crippen molar-refractivity contribution in [2.45, 2.75) is 90.4 Å². The number of benzene rings is 1. The monoisotopic (exact) mass is 361 g/mol. The van der Waals surface area contributed by atoms with E-state index < -0.39 is 5.91 Å². The molecule has 4 nitrogen and oxygen atoms in total. The van der Waals surface area contributed by atoms with Gasteiger partial charge in [-0.15, -0.1) is 0 Å².